The van der Waals surface area contributed by atoms with E-state index in [9.17, 15) is 29.4 Å². The number of hydrogen-bond donors (Lipinski definition) is 3. The molecular formula is C60H50Cl2N4O12S2. The van der Waals surface area contributed by atoms with E-state index in [1.165, 1.54) is 32.5 Å². The van der Waals surface area contributed by atoms with Gasteiger partial charge in [-0.3, -0.25) is 33.8 Å². The third-order valence-corrected chi connectivity index (χ3v) is 15.8. The van der Waals surface area contributed by atoms with Gasteiger partial charge in [-0.25, -0.2) is 9.97 Å². The molecule has 4 atom stereocenters. The van der Waals surface area contributed by atoms with E-state index in [2.05, 4.69) is 9.97 Å². The third-order valence-electron chi connectivity index (χ3n) is 13.3. The number of nitrogens with zero attached hydrogens (tertiary/aromatic N) is 4. The minimum absolute atomic E-state index is 0.0153. The first-order valence-electron chi connectivity index (χ1n) is 25.4. The van der Waals surface area contributed by atoms with Crippen LogP contribution in [0.4, 0.5) is 10.3 Å². The lowest BCUT2D eigenvalue weighted by molar-refractivity contribution is -0.134. The van der Waals surface area contributed by atoms with Crippen molar-refractivity contribution in [3.63, 3.8) is 0 Å². The van der Waals surface area contributed by atoms with Crippen molar-refractivity contribution in [1.29, 1.82) is 0 Å². The van der Waals surface area contributed by atoms with Crippen molar-refractivity contribution in [2.24, 2.45) is 0 Å². The smallest absolute Gasteiger partial charge is 0.301 e. The van der Waals surface area contributed by atoms with Crippen molar-refractivity contribution < 1.29 is 58.2 Å². The number of halogens is 2. The molecule has 408 valence electrons. The van der Waals surface area contributed by atoms with Gasteiger partial charge in [-0.05, 0) is 147 Å². The fraction of sp³-hybridized carbons (Fsp3) is 0.217. The molecule has 0 radical (unpaired) electrons. The number of carboxylic acid groups (broad SMARTS) is 1. The highest BCUT2D eigenvalue weighted by Gasteiger charge is 2.50. The first kappa shape index (κ1) is 55.0. The van der Waals surface area contributed by atoms with E-state index < -0.39 is 41.4 Å². The van der Waals surface area contributed by atoms with E-state index in [0.717, 1.165) is 38.9 Å². The van der Waals surface area contributed by atoms with E-state index >= 15 is 0 Å². The van der Waals surface area contributed by atoms with Crippen LogP contribution in [0.5, 0.6) is 23.0 Å². The molecule has 0 bridgehead atoms. The molecule has 0 saturated carbocycles. The Morgan fingerprint density at radius 3 is 1.38 bits per heavy atom. The van der Waals surface area contributed by atoms with Gasteiger partial charge in [0.1, 0.15) is 46.7 Å². The van der Waals surface area contributed by atoms with E-state index in [-0.39, 0.29) is 34.9 Å². The van der Waals surface area contributed by atoms with E-state index in [0.29, 0.717) is 91.2 Å². The molecule has 4 aliphatic heterocycles. The van der Waals surface area contributed by atoms with Crippen LogP contribution >= 0.6 is 45.9 Å². The zero-order valence-corrected chi connectivity index (χ0v) is 46.7. The SMILES string of the molecule is CC(=O)O.CCOc1ccc2nc(N3C(=O)C(=O)C(=C(O)c4ccc5c(c4)CC(C)O5)C3c3cccc(Cl)c3)sc2c1.CCOc1ccc2nc(N3C(=O)C(=O)C(=C(O)c4ccc5c(c4)CC(C)O5)C3c3cccc(Cl)c3)sc2c1. The molecule has 6 aromatic carbocycles. The molecule has 0 aliphatic carbocycles. The Morgan fingerprint density at radius 1 is 0.600 bits per heavy atom. The lowest BCUT2D eigenvalue weighted by Gasteiger charge is -2.23. The molecule has 4 aliphatic rings. The van der Waals surface area contributed by atoms with Gasteiger partial charge in [0.2, 0.25) is 0 Å². The molecular weight excluding hydrogens is 1100 g/mol. The largest absolute Gasteiger partial charge is 0.507 e. The minimum Gasteiger partial charge on any atom is -0.507 e. The average Bonchev–Trinajstić information content (AvgIpc) is 4.47. The number of aliphatic carboxylic acids is 1. The summed E-state index contributed by atoms with van der Waals surface area (Å²) in [5, 5.41) is 32.0. The number of rotatable bonds is 10. The average molecular weight is 1150 g/mol. The molecule has 4 unspecified atom stereocenters. The number of aliphatic hydroxyl groups excluding tert-OH is 2. The van der Waals surface area contributed by atoms with Crippen molar-refractivity contribution >= 4 is 117 Å². The maximum absolute atomic E-state index is 13.5. The number of Topliss-reactive ketones (excluding diaryl/α,β-unsaturated/α-hetero) is 2. The van der Waals surface area contributed by atoms with Crippen molar-refractivity contribution in [2.45, 2.75) is 71.8 Å². The molecule has 6 heterocycles. The van der Waals surface area contributed by atoms with E-state index in [4.69, 9.17) is 52.1 Å². The second-order valence-corrected chi connectivity index (χ2v) is 21.9. The Bertz CT molecular complexity index is 3640. The number of fused-ring (bicyclic) bond motifs is 4. The van der Waals surface area contributed by atoms with Crippen LogP contribution in [-0.4, -0.2) is 80.1 Å². The van der Waals surface area contributed by atoms with Gasteiger partial charge in [-0.2, -0.15) is 0 Å². The summed E-state index contributed by atoms with van der Waals surface area (Å²) in [5.74, 6) is -1.55. The van der Waals surface area contributed by atoms with Gasteiger partial charge in [0.25, 0.3) is 17.5 Å². The molecule has 2 saturated heterocycles. The van der Waals surface area contributed by atoms with Gasteiger partial charge in [0.15, 0.2) is 10.3 Å². The van der Waals surface area contributed by atoms with Gasteiger partial charge < -0.3 is 34.3 Å². The first-order chi connectivity index (χ1) is 38.4. The first-order valence-corrected chi connectivity index (χ1v) is 27.8. The number of amides is 2. The monoisotopic (exact) mass is 1150 g/mol. The van der Waals surface area contributed by atoms with Crippen LogP contribution in [0.2, 0.25) is 10.0 Å². The van der Waals surface area contributed by atoms with Crippen LogP contribution in [0.15, 0.2) is 132 Å². The molecule has 0 spiro atoms. The maximum atomic E-state index is 13.5. The number of aliphatic hydroxyl groups is 2. The number of aromatic nitrogens is 2. The number of benzene rings is 6. The molecule has 20 heteroatoms. The summed E-state index contributed by atoms with van der Waals surface area (Å²) < 4.78 is 24.4. The number of hydrogen-bond acceptors (Lipinski definition) is 15. The topological polar surface area (TPSA) is 215 Å². The number of ketones is 2. The Balaban J connectivity index is 0.000000169. The number of anilines is 2. The normalized spacial score (nSPS) is 19.4. The van der Waals surface area contributed by atoms with Crippen molar-refractivity contribution in [1.82, 2.24) is 9.97 Å². The highest BCUT2D eigenvalue weighted by molar-refractivity contribution is 7.23. The Labute approximate surface area is 476 Å². The summed E-state index contributed by atoms with van der Waals surface area (Å²) in [5.41, 5.74) is 5.25. The van der Waals surface area contributed by atoms with Gasteiger partial charge in [-0.1, -0.05) is 70.1 Å². The van der Waals surface area contributed by atoms with Crippen LogP contribution in [-0.2, 0) is 36.8 Å². The molecule has 2 aromatic heterocycles. The van der Waals surface area contributed by atoms with Crippen LogP contribution in [0.3, 0.4) is 0 Å². The molecule has 3 N–H and O–H groups in total. The Hall–Kier alpha value is -8.29. The Morgan fingerprint density at radius 2 is 1.00 bits per heavy atom. The summed E-state index contributed by atoms with van der Waals surface area (Å²) in [6, 6.07) is 33.6. The maximum Gasteiger partial charge on any atom is 0.301 e. The Kier molecular flexibility index (Phi) is 15.7. The number of thiazole rings is 2. The van der Waals surface area contributed by atoms with Crippen LogP contribution < -0.4 is 28.7 Å². The van der Waals surface area contributed by atoms with E-state index in [1.54, 1.807) is 72.8 Å². The summed E-state index contributed by atoms with van der Waals surface area (Å²) in [6.45, 7) is 9.88. The number of carbonyl (C=O) groups excluding carboxylic acids is 4. The number of ether oxygens (including phenoxy) is 4. The second kappa shape index (κ2) is 22.8. The zero-order valence-electron chi connectivity index (χ0n) is 43.6. The summed E-state index contributed by atoms with van der Waals surface area (Å²) in [7, 11) is 0. The highest BCUT2D eigenvalue weighted by atomic mass is 35.5. The van der Waals surface area contributed by atoms with Crippen LogP contribution in [0, 0.1) is 0 Å². The molecule has 12 rings (SSSR count). The minimum atomic E-state index is -0.913. The summed E-state index contributed by atoms with van der Waals surface area (Å²) in [4.78, 5) is 75.1. The molecule has 16 nitrogen and oxygen atoms in total. The second-order valence-electron chi connectivity index (χ2n) is 19.0. The van der Waals surface area contributed by atoms with Crippen molar-refractivity contribution in [2.75, 3.05) is 23.0 Å². The summed E-state index contributed by atoms with van der Waals surface area (Å²) in [6.07, 6.45) is 1.44. The standard InChI is InChI=1S/2C29H23ClN2O5S.C2H4O2/c2*1-3-36-20-8-9-21-23(14-20)38-29(31-21)32-25(16-5-4-6-19(30)13-16)24(27(34)28(32)35)26(33)17-7-10-22-18(12-17)11-15(2)37-22;1-2(3)4/h2*4-10,12-15,25,33H,3,11H2,1-2H3;1H3,(H,3,4). The predicted molar refractivity (Wildman–Crippen MR) is 308 cm³/mol. The van der Waals surface area contributed by atoms with Gasteiger partial charge in [0, 0.05) is 40.9 Å². The number of carbonyl (C=O) groups is 5. The third kappa shape index (κ3) is 10.9. The quantitative estimate of drug-likeness (QED) is 0.0660. The zero-order chi connectivity index (χ0) is 56.7. The van der Waals surface area contributed by atoms with Gasteiger partial charge in [-0.15, -0.1) is 0 Å². The molecule has 8 aromatic rings. The molecule has 80 heavy (non-hydrogen) atoms. The van der Waals surface area contributed by atoms with E-state index in [1.807, 2.05) is 76.2 Å². The fourth-order valence-corrected chi connectivity index (χ4v) is 12.4. The van der Waals surface area contributed by atoms with Crippen LogP contribution in [0.25, 0.3) is 32.0 Å². The highest BCUT2D eigenvalue weighted by Crippen LogP contribution is 2.48. The molecule has 2 amide bonds. The lowest BCUT2D eigenvalue weighted by atomic mass is 9.94. The predicted octanol–water partition coefficient (Wildman–Crippen LogP) is 12.7. The fourth-order valence-electron chi connectivity index (χ4n) is 10.00. The molecule has 2 fully saturated rings. The summed E-state index contributed by atoms with van der Waals surface area (Å²) >= 11 is 15.2. The lowest BCUT2D eigenvalue weighted by Crippen LogP contribution is -2.29. The van der Waals surface area contributed by atoms with Crippen molar-refractivity contribution in [3.8, 4) is 23.0 Å². The van der Waals surface area contributed by atoms with Crippen molar-refractivity contribution in [3.05, 3.63) is 176 Å². The number of carboxylic acids is 1. The van der Waals surface area contributed by atoms with Gasteiger partial charge in [0.05, 0.1) is 56.9 Å². The van der Waals surface area contributed by atoms with Gasteiger partial charge >= 0.3 is 11.8 Å². The van der Waals surface area contributed by atoms with Crippen LogP contribution in [0.1, 0.15) is 80.1 Å².